The highest BCUT2D eigenvalue weighted by molar-refractivity contribution is 5.85. The molecule has 1 saturated heterocycles. The van der Waals surface area contributed by atoms with Crippen LogP contribution in [0.5, 0.6) is 0 Å². The summed E-state index contributed by atoms with van der Waals surface area (Å²) < 4.78 is 144. The zero-order valence-corrected chi connectivity index (χ0v) is 12.1. The molecule has 0 unspecified atom stereocenters. The largest absolute Gasteiger partial charge is 0.464 e. The molecule has 0 aliphatic carbocycles. The first-order chi connectivity index (χ1) is 11.4. The van der Waals surface area contributed by atoms with Crippen molar-refractivity contribution in [2.75, 3.05) is 6.61 Å². The Bertz CT molecular complexity index is 572. The van der Waals surface area contributed by atoms with E-state index in [-0.39, 0.29) is 13.0 Å². The van der Waals surface area contributed by atoms with Gasteiger partial charge in [0.15, 0.2) is 0 Å². The lowest BCUT2D eigenvalue weighted by molar-refractivity contribution is -0.421. The van der Waals surface area contributed by atoms with Crippen molar-refractivity contribution in [2.24, 2.45) is 0 Å². The maximum atomic E-state index is 13.3. The molecule has 1 aliphatic heterocycles. The molecule has 152 valence electrons. The van der Waals surface area contributed by atoms with Gasteiger partial charge < -0.3 is 10.1 Å². The number of carbonyl (C=O) groups excluding carboxylic acids is 2. The molecule has 1 aliphatic rings. The van der Waals surface area contributed by atoms with E-state index in [0.29, 0.717) is 0 Å². The molecule has 0 aromatic heterocycles. The number of nitrogens with one attached hydrogen (secondary N) is 1. The summed E-state index contributed by atoms with van der Waals surface area (Å²) in [6.45, 7) is -0.286. The van der Waals surface area contributed by atoms with Gasteiger partial charge in [-0.2, -0.15) is 48.3 Å². The van der Waals surface area contributed by atoms with E-state index in [1.54, 1.807) is 0 Å². The van der Waals surface area contributed by atoms with Crippen LogP contribution in [0.3, 0.4) is 0 Å². The normalized spacial score (nSPS) is 20.1. The Balaban J connectivity index is 3.04. The van der Waals surface area contributed by atoms with Gasteiger partial charge in [0, 0.05) is 6.42 Å². The molecule has 0 aromatic rings. The molecule has 1 N–H and O–H groups in total. The number of rotatable bonds is 6. The van der Waals surface area contributed by atoms with Gasteiger partial charge in [0.05, 0.1) is 13.0 Å². The molecular weight excluding hydrogens is 403 g/mol. The summed E-state index contributed by atoms with van der Waals surface area (Å²) in [5.74, 6) is -32.0. The Morgan fingerprint density at radius 2 is 1.42 bits per heavy atom. The van der Waals surface area contributed by atoms with Gasteiger partial charge in [0.2, 0.25) is 5.91 Å². The fourth-order valence-corrected chi connectivity index (χ4v) is 1.79. The lowest BCUT2D eigenvalue weighted by Gasteiger charge is -2.37. The van der Waals surface area contributed by atoms with Gasteiger partial charge in [-0.1, -0.05) is 0 Å². The number of alkyl halides is 11. The second kappa shape index (κ2) is 6.40. The maximum Gasteiger partial charge on any atom is 0.460 e. The van der Waals surface area contributed by atoms with Crippen molar-refractivity contribution >= 4 is 11.9 Å². The molecule has 1 amide bonds. The molecule has 0 radical (unpaired) electrons. The molecule has 1 fully saturated rings. The predicted octanol–water partition coefficient (Wildman–Crippen LogP) is 2.91. The van der Waals surface area contributed by atoms with E-state index in [4.69, 9.17) is 0 Å². The second-order valence-corrected chi connectivity index (χ2v) is 5.18. The van der Waals surface area contributed by atoms with E-state index in [9.17, 15) is 57.9 Å². The standard InChI is InChI=1S/C11H8F11NO3/c12-7(13,3-5(24)23-4-1-2-26-6(4)25)8(14,15)9(16,17)10(18,19)11(20,21)22/h4H,1-3H2,(H,23,24)/t4-/m1/s1. The van der Waals surface area contributed by atoms with Crippen molar-refractivity contribution < 1.29 is 62.6 Å². The Hall–Kier alpha value is -1.83. The summed E-state index contributed by atoms with van der Waals surface area (Å²) >= 11 is 0. The first kappa shape index (κ1) is 22.2. The summed E-state index contributed by atoms with van der Waals surface area (Å²) in [5, 5.41) is 1.40. The van der Waals surface area contributed by atoms with Gasteiger partial charge in [-0.05, 0) is 0 Å². The van der Waals surface area contributed by atoms with Crippen LogP contribution in [0.2, 0.25) is 0 Å². The van der Waals surface area contributed by atoms with Crippen molar-refractivity contribution in [1.29, 1.82) is 0 Å². The Labute approximate surface area is 136 Å². The second-order valence-electron chi connectivity index (χ2n) is 5.18. The predicted molar refractivity (Wildman–Crippen MR) is 58.0 cm³/mol. The summed E-state index contributed by atoms with van der Waals surface area (Å²) in [6, 6.07) is -1.58. The van der Waals surface area contributed by atoms with Crippen LogP contribution < -0.4 is 5.32 Å². The maximum absolute atomic E-state index is 13.3. The molecule has 0 saturated carbocycles. The minimum absolute atomic E-state index is 0.283. The van der Waals surface area contributed by atoms with Crippen LogP contribution in [-0.2, 0) is 14.3 Å². The minimum Gasteiger partial charge on any atom is -0.464 e. The zero-order valence-electron chi connectivity index (χ0n) is 12.1. The van der Waals surface area contributed by atoms with Crippen LogP contribution in [-0.4, -0.2) is 54.4 Å². The van der Waals surface area contributed by atoms with Crippen LogP contribution in [0, 0.1) is 0 Å². The number of amides is 1. The van der Waals surface area contributed by atoms with Gasteiger partial charge in [-0.25, -0.2) is 4.79 Å². The van der Waals surface area contributed by atoms with Crippen molar-refractivity contribution in [3.8, 4) is 0 Å². The van der Waals surface area contributed by atoms with Gasteiger partial charge in [0.1, 0.15) is 6.04 Å². The first-order valence-electron chi connectivity index (χ1n) is 6.42. The lowest BCUT2D eigenvalue weighted by atomic mass is 9.96. The van der Waals surface area contributed by atoms with Crippen LogP contribution in [0.1, 0.15) is 12.8 Å². The SMILES string of the molecule is O=C(CC(F)(F)C(F)(F)C(F)(F)C(F)(F)C(F)(F)F)N[C@@H]1CCOC1=O. The highest BCUT2D eigenvalue weighted by Gasteiger charge is 2.87. The fraction of sp³-hybridized carbons (Fsp3) is 0.818. The van der Waals surface area contributed by atoms with Crippen molar-refractivity contribution in [1.82, 2.24) is 5.32 Å². The number of halogens is 11. The average molecular weight is 411 g/mol. The van der Waals surface area contributed by atoms with Crippen LogP contribution in [0.25, 0.3) is 0 Å². The van der Waals surface area contributed by atoms with E-state index < -0.39 is 54.2 Å². The summed E-state index contributed by atoms with van der Waals surface area (Å²) in [5.41, 5.74) is 0. The number of hydrogen-bond acceptors (Lipinski definition) is 3. The van der Waals surface area contributed by atoms with E-state index in [1.807, 2.05) is 0 Å². The number of carbonyl (C=O) groups is 2. The van der Waals surface area contributed by atoms with Crippen molar-refractivity contribution in [3.05, 3.63) is 0 Å². The van der Waals surface area contributed by atoms with Crippen LogP contribution >= 0.6 is 0 Å². The third-order valence-corrected chi connectivity index (χ3v) is 3.26. The van der Waals surface area contributed by atoms with Crippen LogP contribution in [0.4, 0.5) is 48.3 Å². The topological polar surface area (TPSA) is 55.4 Å². The van der Waals surface area contributed by atoms with Crippen molar-refractivity contribution in [2.45, 2.75) is 48.7 Å². The average Bonchev–Trinajstić information content (AvgIpc) is 2.81. The van der Waals surface area contributed by atoms with E-state index in [0.717, 1.165) is 0 Å². The number of ether oxygens (including phenoxy) is 1. The van der Waals surface area contributed by atoms with Gasteiger partial charge >= 0.3 is 35.8 Å². The Kier molecular flexibility index (Phi) is 5.47. The lowest BCUT2D eigenvalue weighted by Crippen LogP contribution is -2.66. The molecule has 15 heteroatoms. The molecular formula is C11H8F11NO3. The third-order valence-electron chi connectivity index (χ3n) is 3.26. The molecule has 26 heavy (non-hydrogen) atoms. The molecule has 1 heterocycles. The monoisotopic (exact) mass is 411 g/mol. The summed E-state index contributed by atoms with van der Waals surface area (Å²) in [6.07, 6.45) is -10.4. The Morgan fingerprint density at radius 1 is 0.923 bits per heavy atom. The number of esters is 1. The number of hydrogen-bond donors (Lipinski definition) is 1. The Morgan fingerprint density at radius 3 is 1.81 bits per heavy atom. The van der Waals surface area contributed by atoms with Crippen molar-refractivity contribution in [3.63, 3.8) is 0 Å². The molecule has 0 bridgehead atoms. The fourth-order valence-electron chi connectivity index (χ4n) is 1.79. The van der Waals surface area contributed by atoms with Gasteiger partial charge in [-0.15, -0.1) is 0 Å². The first-order valence-corrected chi connectivity index (χ1v) is 6.42. The number of cyclic esters (lactones) is 1. The van der Waals surface area contributed by atoms with E-state index in [1.165, 1.54) is 5.32 Å². The summed E-state index contributed by atoms with van der Waals surface area (Å²) in [4.78, 5) is 22.2. The molecule has 0 aromatic carbocycles. The zero-order chi connectivity index (χ0) is 20.8. The van der Waals surface area contributed by atoms with Gasteiger partial charge in [-0.3, -0.25) is 4.79 Å². The minimum atomic E-state index is -7.58. The highest BCUT2D eigenvalue weighted by atomic mass is 19.4. The highest BCUT2D eigenvalue weighted by Crippen LogP contribution is 2.57. The summed E-state index contributed by atoms with van der Waals surface area (Å²) in [7, 11) is 0. The van der Waals surface area contributed by atoms with Crippen LogP contribution in [0.15, 0.2) is 0 Å². The van der Waals surface area contributed by atoms with E-state index in [2.05, 4.69) is 4.74 Å². The van der Waals surface area contributed by atoms with E-state index >= 15 is 0 Å². The third kappa shape index (κ3) is 3.51. The molecule has 1 rings (SSSR count). The quantitative estimate of drug-likeness (QED) is 0.541. The smallest absolute Gasteiger partial charge is 0.460 e. The molecule has 4 nitrogen and oxygen atoms in total. The van der Waals surface area contributed by atoms with Gasteiger partial charge in [0.25, 0.3) is 0 Å². The molecule has 0 spiro atoms. The molecule has 1 atom stereocenters.